The van der Waals surface area contributed by atoms with Crippen molar-refractivity contribution in [3.05, 3.63) is 28.3 Å². The third-order valence-corrected chi connectivity index (χ3v) is 3.28. The van der Waals surface area contributed by atoms with E-state index >= 15 is 0 Å². The third-order valence-electron chi connectivity index (χ3n) is 2.03. The van der Waals surface area contributed by atoms with Gasteiger partial charge in [0.25, 0.3) is 15.7 Å². The maximum absolute atomic E-state index is 11.8. The summed E-state index contributed by atoms with van der Waals surface area (Å²) in [6, 6.07) is 2.92. The fourth-order valence-corrected chi connectivity index (χ4v) is 2.17. The zero-order valence-electron chi connectivity index (χ0n) is 10.2. The Bertz CT molecular complexity index is 628. The van der Waals surface area contributed by atoms with E-state index in [0.29, 0.717) is 0 Å². The van der Waals surface area contributed by atoms with Gasteiger partial charge >= 0.3 is 0 Å². The first-order valence-electron chi connectivity index (χ1n) is 5.02. The maximum atomic E-state index is 11.8. The van der Waals surface area contributed by atoms with Crippen molar-refractivity contribution >= 4 is 21.6 Å². The molecule has 0 aliphatic carbocycles. The molecule has 1 aromatic rings. The highest BCUT2D eigenvalue weighted by atomic mass is 32.2. The number of hydrogen-bond acceptors (Lipinski definition) is 7. The summed E-state index contributed by atoms with van der Waals surface area (Å²) in [4.78, 5) is 26.0. The van der Waals surface area contributed by atoms with E-state index in [9.17, 15) is 23.3 Å². The van der Waals surface area contributed by atoms with Crippen LogP contribution in [-0.2, 0) is 19.7 Å². The molecule has 11 heteroatoms. The van der Waals surface area contributed by atoms with Crippen LogP contribution in [0, 0.1) is 10.1 Å². The Hall–Kier alpha value is -2.24. The Balaban J connectivity index is 3.05. The molecule has 1 amide bonds. The highest BCUT2D eigenvalue weighted by Crippen LogP contribution is 2.28. The van der Waals surface area contributed by atoms with Crippen LogP contribution in [-0.4, -0.2) is 33.0 Å². The Labute approximate surface area is 113 Å². The molecule has 0 spiro atoms. The number of nitrogens with zero attached hydrogens (tertiary/aromatic N) is 1. The third kappa shape index (κ3) is 3.88. The molecule has 1 rings (SSSR count). The lowest BCUT2D eigenvalue weighted by Crippen LogP contribution is -2.29. The van der Waals surface area contributed by atoms with Crippen LogP contribution in [0.1, 0.15) is 0 Å². The highest BCUT2D eigenvalue weighted by Gasteiger charge is 2.22. The lowest BCUT2D eigenvalue weighted by Gasteiger charge is -2.09. The van der Waals surface area contributed by atoms with Crippen LogP contribution in [0.2, 0.25) is 0 Å². The summed E-state index contributed by atoms with van der Waals surface area (Å²) in [5, 5.41) is 10.6. The Morgan fingerprint density at radius 3 is 2.65 bits per heavy atom. The van der Waals surface area contributed by atoms with Crippen LogP contribution in [0.15, 0.2) is 23.1 Å². The largest absolute Gasteiger partial charge is 0.495 e. The molecular weight excluding hydrogens is 294 g/mol. The van der Waals surface area contributed by atoms with E-state index in [4.69, 9.17) is 10.5 Å². The molecule has 0 radical (unpaired) electrons. The van der Waals surface area contributed by atoms with Gasteiger partial charge in [-0.15, -0.1) is 0 Å². The smallest absolute Gasteiger partial charge is 0.273 e. The number of rotatable bonds is 7. The summed E-state index contributed by atoms with van der Waals surface area (Å²) in [7, 11) is -3.01. The second kappa shape index (κ2) is 6.27. The van der Waals surface area contributed by atoms with Crippen molar-refractivity contribution in [2.24, 2.45) is 5.73 Å². The number of carbonyl (C=O) groups excluding carboxylic acids is 1. The van der Waals surface area contributed by atoms with Gasteiger partial charge in [-0.2, -0.15) is 0 Å². The second-order valence-corrected chi connectivity index (χ2v) is 5.05. The predicted molar refractivity (Wildman–Crippen MR) is 65.1 cm³/mol. The first kappa shape index (κ1) is 15.8. The number of nitro benzene ring substituents is 1. The number of benzene rings is 1. The van der Waals surface area contributed by atoms with E-state index in [1.165, 1.54) is 0 Å². The maximum Gasteiger partial charge on any atom is 0.273 e. The van der Waals surface area contributed by atoms with E-state index in [2.05, 4.69) is 4.84 Å². The summed E-state index contributed by atoms with van der Waals surface area (Å²) in [6.07, 6.45) is 0. The van der Waals surface area contributed by atoms with Gasteiger partial charge in [-0.25, -0.2) is 8.42 Å². The Morgan fingerprint density at radius 1 is 1.50 bits per heavy atom. The molecule has 0 unspecified atom stereocenters. The number of carbonyl (C=O) groups is 1. The van der Waals surface area contributed by atoms with Crippen molar-refractivity contribution in [1.29, 1.82) is 0 Å². The number of amides is 1. The number of nitro groups is 1. The quantitative estimate of drug-likeness (QED) is 0.499. The molecule has 110 valence electrons. The van der Waals surface area contributed by atoms with Gasteiger partial charge in [0, 0.05) is 6.07 Å². The summed E-state index contributed by atoms with van der Waals surface area (Å²) in [5.41, 5.74) is 4.44. The second-order valence-electron chi connectivity index (χ2n) is 3.43. The lowest BCUT2D eigenvalue weighted by molar-refractivity contribution is -0.385. The average molecular weight is 305 g/mol. The summed E-state index contributed by atoms with van der Waals surface area (Å²) in [6.45, 7) is -0.658. The van der Waals surface area contributed by atoms with Crippen molar-refractivity contribution in [3.8, 4) is 5.75 Å². The minimum atomic E-state index is -4.17. The van der Waals surface area contributed by atoms with Crippen molar-refractivity contribution in [2.45, 2.75) is 4.90 Å². The number of hydrogen-bond donors (Lipinski definition) is 2. The number of non-ortho nitro benzene ring substituents is 1. The Kier molecular flexibility index (Phi) is 4.96. The molecule has 0 saturated heterocycles. The minimum absolute atomic E-state index is 0.241. The van der Waals surface area contributed by atoms with Gasteiger partial charge in [0.1, 0.15) is 17.3 Å². The lowest BCUT2D eigenvalue weighted by atomic mass is 10.3. The molecule has 0 bridgehead atoms. The van der Waals surface area contributed by atoms with Crippen LogP contribution in [0.3, 0.4) is 0 Å². The molecule has 10 nitrogen and oxygen atoms in total. The van der Waals surface area contributed by atoms with E-state index in [1.54, 1.807) is 4.89 Å². The predicted octanol–water partition coefficient (Wildman–Crippen LogP) is -0.701. The van der Waals surface area contributed by atoms with Crippen molar-refractivity contribution in [1.82, 2.24) is 4.89 Å². The summed E-state index contributed by atoms with van der Waals surface area (Å²) >= 11 is 0. The molecule has 1 aromatic carbocycles. The molecule has 20 heavy (non-hydrogen) atoms. The van der Waals surface area contributed by atoms with Crippen LogP contribution < -0.4 is 15.4 Å². The van der Waals surface area contributed by atoms with Crippen LogP contribution in [0.4, 0.5) is 5.69 Å². The molecule has 0 aromatic heterocycles. The molecule has 0 atom stereocenters. The fourth-order valence-electron chi connectivity index (χ4n) is 1.21. The Morgan fingerprint density at radius 2 is 2.15 bits per heavy atom. The topological polar surface area (TPSA) is 151 Å². The number of methoxy groups -OCH3 is 1. The number of primary amides is 1. The van der Waals surface area contributed by atoms with Crippen LogP contribution in [0.25, 0.3) is 0 Å². The van der Waals surface area contributed by atoms with Crippen LogP contribution in [0.5, 0.6) is 5.75 Å². The zero-order chi connectivity index (χ0) is 15.3. The number of sulfonamides is 1. The minimum Gasteiger partial charge on any atom is -0.495 e. The first-order valence-corrected chi connectivity index (χ1v) is 6.50. The van der Waals surface area contributed by atoms with Gasteiger partial charge in [-0.3, -0.25) is 19.7 Å². The van der Waals surface area contributed by atoms with Gasteiger partial charge in [0.15, 0.2) is 0 Å². The van der Waals surface area contributed by atoms with Gasteiger partial charge in [-0.05, 0) is 6.07 Å². The van der Waals surface area contributed by atoms with Gasteiger partial charge in [0.05, 0.1) is 18.1 Å². The molecule has 0 saturated carbocycles. The number of nitrogens with two attached hydrogens (primary N) is 1. The average Bonchev–Trinajstić information content (AvgIpc) is 2.37. The van der Waals surface area contributed by atoms with Crippen molar-refractivity contribution in [3.63, 3.8) is 0 Å². The summed E-state index contributed by atoms with van der Waals surface area (Å²) in [5.74, 6) is -1.11. The van der Waals surface area contributed by atoms with Gasteiger partial charge in [0.2, 0.25) is 5.91 Å². The highest BCUT2D eigenvalue weighted by molar-refractivity contribution is 7.89. The fraction of sp³-hybridized carbons (Fsp3) is 0.222. The monoisotopic (exact) mass is 305 g/mol. The molecule has 0 fully saturated rings. The van der Waals surface area contributed by atoms with E-state index in [1.807, 2.05) is 0 Å². The number of nitrogens with one attached hydrogen (secondary N) is 1. The van der Waals surface area contributed by atoms with E-state index in [0.717, 1.165) is 25.3 Å². The molecular formula is C9H11N3O7S. The molecule has 0 aliphatic heterocycles. The SMILES string of the molecule is COc1cc([N+](=O)[O-])ccc1S(=O)(=O)NOCC(N)=O. The number of ether oxygens (including phenoxy) is 1. The molecule has 0 heterocycles. The van der Waals surface area contributed by atoms with E-state index in [-0.39, 0.29) is 16.3 Å². The van der Waals surface area contributed by atoms with E-state index < -0.39 is 27.5 Å². The van der Waals surface area contributed by atoms with Gasteiger partial charge < -0.3 is 10.5 Å². The standard InChI is InChI=1S/C9H11N3O7S/c1-18-7-4-6(12(14)15)2-3-8(7)20(16,17)11-19-5-9(10)13/h2-4,11H,5H2,1H3,(H2,10,13). The summed E-state index contributed by atoms with van der Waals surface area (Å²) < 4.78 is 28.5. The van der Waals surface area contributed by atoms with Crippen molar-refractivity contribution in [2.75, 3.05) is 13.7 Å². The molecule has 3 N–H and O–H groups in total. The first-order chi connectivity index (χ1) is 9.27. The van der Waals surface area contributed by atoms with Gasteiger partial charge in [-0.1, -0.05) is 4.89 Å². The normalized spacial score (nSPS) is 11.1. The zero-order valence-corrected chi connectivity index (χ0v) is 11.0. The van der Waals surface area contributed by atoms with Crippen LogP contribution >= 0.6 is 0 Å². The van der Waals surface area contributed by atoms with Crippen molar-refractivity contribution < 1.29 is 27.7 Å². The molecule has 0 aliphatic rings.